The lowest BCUT2D eigenvalue weighted by atomic mass is 10.2. The van der Waals surface area contributed by atoms with Crippen LogP contribution in [0.5, 0.6) is 5.75 Å². The van der Waals surface area contributed by atoms with Gasteiger partial charge in [-0.25, -0.2) is 5.43 Å². The molecule has 0 spiro atoms. The zero-order chi connectivity index (χ0) is 17.7. The van der Waals surface area contributed by atoms with E-state index in [1.165, 1.54) is 24.4 Å². The van der Waals surface area contributed by atoms with Crippen LogP contribution in [-0.4, -0.2) is 23.1 Å². The van der Waals surface area contributed by atoms with Crippen LogP contribution < -0.4 is 10.7 Å². The number of hydrazone groups is 1. The number of carbonyl (C=O) groups excluding carboxylic acids is 2. The van der Waals surface area contributed by atoms with Crippen molar-refractivity contribution < 1.29 is 14.7 Å². The first-order chi connectivity index (χ1) is 11.4. The van der Waals surface area contributed by atoms with Crippen molar-refractivity contribution in [3.05, 3.63) is 57.0 Å². The van der Waals surface area contributed by atoms with Crippen molar-refractivity contribution in [2.24, 2.45) is 5.10 Å². The van der Waals surface area contributed by atoms with Crippen molar-refractivity contribution in [2.75, 3.05) is 5.32 Å². The lowest BCUT2D eigenvalue weighted by Gasteiger charge is -2.04. The van der Waals surface area contributed by atoms with Gasteiger partial charge in [-0.05, 0) is 35.9 Å². The summed E-state index contributed by atoms with van der Waals surface area (Å²) in [6.45, 7) is 0. The van der Waals surface area contributed by atoms with Crippen molar-refractivity contribution in [2.45, 2.75) is 0 Å². The SMILES string of the molecule is O=C(N/N=C/c1cc(Cl)c(O)c(Cl)c1)C(=O)Nc1cccc(Cl)c1. The van der Waals surface area contributed by atoms with Gasteiger partial charge >= 0.3 is 11.8 Å². The summed E-state index contributed by atoms with van der Waals surface area (Å²) < 4.78 is 0. The Kier molecular flexibility index (Phi) is 6.03. The number of carbonyl (C=O) groups is 2. The van der Waals surface area contributed by atoms with E-state index in [0.717, 1.165) is 0 Å². The number of nitrogens with one attached hydrogen (secondary N) is 2. The molecule has 0 radical (unpaired) electrons. The van der Waals surface area contributed by atoms with E-state index in [1.54, 1.807) is 18.2 Å². The van der Waals surface area contributed by atoms with E-state index in [9.17, 15) is 14.7 Å². The zero-order valence-electron chi connectivity index (χ0n) is 11.9. The molecule has 9 heteroatoms. The van der Waals surface area contributed by atoms with E-state index in [1.807, 2.05) is 0 Å². The second-order valence-corrected chi connectivity index (χ2v) is 5.75. The van der Waals surface area contributed by atoms with E-state index in [4.69, 9.17) is 34.8 Å². The molecule has 2 aromatic carbocycles. The number of phenolic OH excluding ortho intramolecular Hbond substituents is 1. The van der Waals surface area contributed by atoms with Crippen LogP contribution in [0, 0.1) is 0 Å². The van der Waals surface area contributed by atoms with Crippen LogP contribution in [0.2, 0.25) is 15.1 Å². The van der Waals surface area contributed by atoms with Crippen LogP contribution in [0.1, 0.15) is 5.56 Å². The molecule has 0 unspecified atom stereocenters. The monoisotopic (exact) mass is 385 g/mol. The van der Waals surface area contributed by atoms with Gasteiger partial charge in [0.15, 0.2) is 5.75 Å². The average molecular weight is 387 g/mol. The second-order valence-electron chi connectivity index (χ2n) is 4.50. The first-order valence-corrected chi connectivity index (χ1v) is 7.58. The van der Waals surface area contributed by atoms with Gasteiger partial charge in [0, 0.05) is 10.7 Å². The molecule has 0 aliphatic heterocycles. The minimum absolute atomic E-state index is 0.0361. The number of anilines is 1. The number of aromatic hydroxyl groups is 1. The van der Waals surface area contributed by atoms with E-state index in [0.29, 0.717) is 16.3 Å². The first-order valence-electron chi connectivity index (χ1n) is 6.45. The zero-order valence-corrected chi connectivity index (χ0v) is 14.2. The summed E-state index contributed by atoms with van der Waals surface area (Å²) >= 11 is 17.3. The van der Waals surface area contributed by atoms with E-state index >= 15 is 0 Å². The van der Waals surface area contributed by atoms with Gasteiger partial charge in [0.1, 0.15) is 0 Å². The highest BCUT2D eigenvalue weighted by Gasteiger charge is 2.13. The van der Waals surface area contributed by atoms with Crippen LogP contribution in [-0.2, 0) is 9.59 Å². The Labute approximate surface area is 152 Å². The Morgan fingerprint density at radius 2 is 1.71 bits per heavy atom. The molecule has 3 N–H and O–H groups in total. The number of halogens is 3. The molecule has 2 rings (SSSR count). The molecule has 0 bridgehead atoms. The van der Waals surface area contributed by atoms with Crippen molar-refractivity contribution >= 4 is 58.5 Å². The first kappa shape index (κ1) is 18.1. The Balaban J connectivity index is 1.96. The number of hydrogen-bond donors (Lipinski definition) is 3. The summed E-state index contributed by atoms with van der Waals surface area (Å²) in [4.78, 5) is 23.4. The van der Waals surface area contributed by atoms with Gasteiger partial charge in [0.2, 0.25) is 0 Å². The minimum atomic E-state index is -0.970. The summed E-state index contributed by atoms with van der Waals surface area (Å²) in [7, 11) is 0. The van der Waals surface area contributed by atoms with Crippen molar-refractivity contribution in [1.29, 1.82) is 0 Å². The lowest BCUT2D eigenvalue weighted by Crippen LogP contribution is -2.32. The molecule has 124 valence electrons. The standard InChI is InChI=1S/C15H10Cl3N3O3/c16-9-2-1-3-10(6-9)20-14(23)15(24)21-19-7-8-4-11(17)13(22)12(18)5-8/h1-7,22H,(H,20,23)(H,21,24)/b19-7+. The third-order valence-corrected chi connectivity index (χ3v) is 3.52. The number of phenols is 1. The molecule has 0 aliphatic rings. The van der Waals surface area contributed by atoms with Gasteiger partial charge < -0.3 is 10.4 Å². The quantitative estimate of drug-likeness (QED) is 0.429. The van der Waals surface area contributed by atoms with Crippen molar-refractivity contribution in [1.82, 2.24) is 5.43 Å². The summed E-state index contributed by atoms with van der Waals surface area (Å²) in [5.41, 5.74) is 2.86. The van der Waals surface area contributed by atoms with Crippen molar-refractivity contribution in [3.8, 4) is 5.75 Å². The summed E-state index contributed by atoms with van der Waals surface area (Å²) in [6.07, 6.45) is 1.22. The molecule has 6 nitrogen and oxygen atoms in total. The van der Waals surface area contributed by atoms with E-state index in [-0.39, 0.29) is 15.8 Å². The molecule has 0 saturated carbocycles. The highest BCUT2D eigenvalue weighted by molar-refractivity contribution is 6.40. The van der Waals surface area contributed by atoms with Crippen LogP contribution >= 0.6 is 34.8 Å². The van der Waals surface area contributed by atoms with Crippen LogP contribution in [0.25, 0.3) is 0 Å². The summed E-state index contributed by atoms with van der Waals surface area (Å²) in [6, 6.07) is 9.13. The molecule has 0 saturated heterocycles. The molecule has 0 heterocycles. The minimum Gasteiger partial charge on any atom is -0.505 e. The van der Waals surface area contributed by atoms with Gasteiger partial charge in [-0.15, -0.1) is 0 Å². The van der Waals surface area contributed by atoms with Gasteiger partial charge in [-0.1, -0.05) is 40.9 Å². The predicted octanol–water partition coefficient (Wildman–Crippen LogP) is 3.44. The number of amides is 2. The van der Waals surface area contributed by atoms with Crippen LogP contribution in [0.3, 0.4) is 0 Å². The predicted molar refractivity (Wildman–Crippen MR) is 93.9 cm³/mol. The van der Waals surface area contributed by atoms with E-state index < -0.39 is 11.8 Å². The van der Waals surface area contributed by atoms with Crippen molar-refractivity contribution in [3.63, 3.8) is 0 Å². The second kappa shape index (κ2) is 8.01. The molecular formula is C15H10Cl3N3O3. The molecule has 2 amide bonds. The Morgan fingerprint density at radius 1 is 1.04 bits per heavy atom. The highest BCUT2D eigenvalue weighted by atomic mass is 35.5. The van der Waals surface area contributed by atoms with Gasteiger partial charge in [0.05, 0.1) is 16.3 Å². The van der Waals surface area contributed by atoms with Crippen LogP contribution in [0.4, 0.5) is 5.69 Å². The fourth-order valence-electron chi connectivity index (χ4n) is 1.63. The largest absolute Gasteiger partial charge is 0.505 e. The molecule has 0 fully saturated rings. The highest BCUT2D eigenvalue weighted by Crippen LogP contribution is 2.32. The number of benzene rings is 2. The normalized spacial score (nSPS) is 10.6. The Bertz CT molecular complexity index is 802. The van der Waals surface area contributed by atoms with Gasteiger partial charge in [-0.2, -0.15) is 5.10 Å². The molecule has 0 atom stereocenters. The Morgan fingerprint density at radius 3 is 2.33 bits per heavy atom. The molecular weight excluding hydrogens is 377 g/mol. The number of rotatable bonds is 3. The average Bonchev–Trinajstić information content (AvgIpc) is 2.52. The number of hydrogen-bond acceptors (Lipinski definition) is 4. The molecule has 0 aliphatic carbocycles. The smallest absolute Gasteiger partial charge is 0.329 e. The lowest BCUT2D eigenvalue weighted by molar-refractivity contribution is -0.136. The fourth-order valence-corrected chi connectivity index (χ4v) is 2.32. The summed E-state index contributed by atoms with van der Waals surface area (Å²) in [5, 5.41) is 15.9. The molecule has 2 aromatic rings. The number of nitrogens with zero attached hydrogens (tertiary/aromatic N) is 1. The topological polar surface area (TPSA) is 90.8 Å². The van der Waals surface area contributed by atoms with Crippen LogP contribution in [0.15, 0.2) is 41.5 Å². The van der Waals surface area contributed by atoms with Gasteiger partial charge in [-0.3, -0.25) is 9.59 Å². The van der Waals surface area contributed by atoms with E-state index in [2.05, 4.69) is 15.8 Å². The third kappa shape index (κ3) is 4.86. The maximum Gasteiger partial charge on any atom is 0.329 e. The Hall–Kier alpha value is -2.28. The fraction of sp³-hybridized carbons (Fsp3) is 0. The molecule has 0 aromatic heterocycles. The van der Waals surface area contributed by atoms with Gasteiger partial charge in [0.25, 0.3) is 0 Å². The maximum absolute atomic E-state index is 11.7. The third-order valence-electron chi connectivity index (χ3n) is 2.71. The maximum atomic E-state index is 11.7. The summed E-state index contributed by atoms with van der Waals surface area (Å²) in [5.74, 6) is -2.13. The molecule has 24 heavy (non-hydrogen) atoms.